The third-order valence-electron chi connectivity index (χ3n) is 4.86. The van der Waals surface area contributed by atoms with Gasteiger partial charge in [0.15, 0.2) is 0 Å². The fourth-order valence-electron chi connectivity index (χ4n) is 3.29. The van der Waals surface area contributed by atoms with Crippen LogP contribution in [0, 0.1) is 5.41 Å². The molecule has 0 bridgehead atoms. The van der Waals surface area contributed by atoms with Crippen molar-refractivity contribution in [2.45, 2.75) is 19.9 Å². The molecule has 0 aromatic heterocycles. The van der Waals surface area contributed by atoms with E-state index in [9.17, 15) is 9.90 Å². The van der Waals surface area contributed by atoms with Crippen molar-refractivity contribution >= 4 is 5.97 Å². The molecule has 1 unspecified atom stereocenters. The molecule has 1 saturated heterocycles. The summed E-state index contributed by atoms with van der Waals surface area (Å²) >= 11 is 0. The summed E-state index contributed by atoms with van der Waals surface area (Å²) in [5.74, 6) is 0.136. The molecule has 1 aliphatic rings. The lowest BCUT2D eigenvalue weighted by Gasteiger charge is -2.21. The van der Waals surface area contributed by atoms with Gasteiger partial charge in [-0.2, -0.15) is 0 Å². The molecule has 0 aliphatic carbocycles. The van der Waals surface area contributed by atoms with Crippen molar-refractivity contribution in [3.05, 3.63) is 54.1 Å². The second-order valence-corrected chi connectivity index (χ2v) is 6.72. The van der Waals surface area contributed by atoms with Crippen molar-refractivity contribution in [2.24, 2.45) is 5.41 Å². The summed E-state index contributed by atoms with van der Waals surface area (Å²) in [5.41, 5.74) is 2.72. The second kappa shape index (κ2) is 6.65. The molecule has 126 valence electrons. The highest BCUT2D eigenvalue weighted by Crippen LogP contribution is 2.33. The van der Waals surface area contributed by atoms with Gasteiger partial charge >= 0.3 is 5.97 Å². The topological polar surface area (TPSA) is 49.8 Å². The predicted octanol–water partition coefficient (Wildman–Crippen LogP) is 3.66. The predicted molar refractivity (Wildman–Crippen MR) is 94.1 cm³/mol. The zero-order valence-electron chi connectivity index (χ0n) is 14.2. The molecule has 0 spiro atoms. The Bertz CT molecular complexity index is 729. The van der Waals surface area contributed by atoms with Crippen LogP contribution in [-0.2, 0) is 11.3 Å². The molecule has 4 heteroatoms. The molecule has 1 atom stereocenters. The minimum atomic E-state index is -0.712. The van der Waals surface area contributed by atoms with Crippen LogP contribution in [0.4, 0.5) is 0 Å². The van der Waals surface area contributed by atoms with Gasteiger partial charge in [0, 0.05) is 18.7 Å². The van der Waals surface area contributed by atoms with E-state index in [0.717, 1.165) is 29.0 Å². The zero-order chi connectivity index (χ0) is 17.2. The van der Waals surface area contributed by atoms with Crippen LogP contribution in [-0.4, -0.2) is 36.2 Å². The third-order valence-corrected chi connectivity index (χ3v) is 4.86. The number of hydrogen-bond acceptors (Lipinski definition) is 3. The molecule has 1 aliphatic heterocycles. The lowest BCUT2D eigenvalue weighted by molar-refractivity contribution is -0.147. The standard InChI is InChI=1S/C20H23NO3/c1-20(19(22)23)10-11-21(14-20)13-17-9-8-16(12-18(17)24-2)15-6-4-3-5-7-15/h3-9,12H,10-11,13-14H2,1-2H3,(H,22,23). The van der Waals surface area contributed by atoms with Gasteiger partial charge in [0.05, 0.1) is 12.5 Å². The van der Waals surface area contributed by atoms with Gasteiger partial charge in [-0.1, -0.05) is 42.5 Å². The molecular weight excluding hydrogens is 302 g/mol. The maximum atomic E-state index is 11.4. The van der Waals surface area contributed by atoms with Crippen LogP contribution in [0.1, 0.15) is 18.9 Å². The van der Waals surface area contributed by atoms with E-state index in [1.165, 1.54) is 0 Å². The molecule has 3 rings (SSSR count). The number of carbonyl (C=O) groups is 1. The van der Waals surface area contributed by atoms with Crippen LogP contribution in [0.2, 0.25) is 0 Å². The van der Waals surface area contributed by atoms with Gasteiger partial charge in [-0.15, -0.1) is 0 Å². The van der Waals surface area contributed by atoms with Gasteiger partial charge < -0.3 is 9.84 Å². The van der Waals surface area contributed by atoms with Gasteiger partial charge in [-0.05, 0) is 37.1 Å². The van der Waals surface area contributed by atoms with Crippen LogP contribution in [0.5, 0.6) is 5.75 Å². The van der Waals surface area contributed by atoms with Crippen LogP contribution in [0.15, 0.2) is 48.5 Å². The van der Waals surface area contributed by atoms with Gasteiger partial charge in [-0.25, -0.2) is 0 Å². The summed E-state index contributed by atoms with van der Waals surface area (Å²) in [6, 6.07) is 16.4. The van der Waals surface area contributed by atoms with E-state index in [1.807, 2.05) is 25.1 Å². The summed E-state index contributed by atoms with van der Waals surface area (Å²) in [6.07, 6.45) is 0.687. The number of likely N-dealkylation sites (tertiary alicyclic amines) is 1. The van der Waals surface area contributed by atoms with Crippen LogP contribution in [0.25, 0.3) is 11.1 Å². The third kappa shape index (κ3) is 3.29. The average molecular weight is 325 g/mol. The Hall–Kier alpha value is -2.33. The number of carboxylic acid groups (broad SMARTS) is 1. The number of aliphatic carboxylic acids is 1. The minimum Gasteiger partial charge on any atom is -0.496 e. The number of carboxylic acids is 1. The molecule has 1 fully saturated rings. The fraction of sp³-hybridized carbons (Fsp3) is 0.350. The Morgan fingerprint density at radius 2 is 1.96 bits per heavy atom. The van der Waals surface area contributed by atoms with E-state index in [4.69, 9.17) is 4.74 Å². The Kier molecular flexibility index (Phi) is 4.58. The highest BCUT2D eigenvalue weighted by molar-refractivity contribution is 5.74. The minimum absolute atomic E-state index is 0.575. The normalized spacial score (nSPS) is 20.9. The highest BCUT2D eigenvalue weighted by Gasteiger charge is 2.40. The van der Waals surface area contributed by atoms with Crippen molar-refractivity contribution in [3.8, 4) is 16.9 Å². The van der Waals surface area contributed by atoms with Gasteiger partial charge in [0.1, 0.15) is 5.75 Å². The SMILES string of the molecule is COc1cc(-c2ccccc2)ccc1CN1CCC(C)(C(=O)O)C1. The Morgan fingerprint density at radius 3 is 2.58 bits per heavy atom. The summed E-state index contributed by atoms with van der Waals surface area (Å²) in [4.78, 5) is 13.6. The molecule has 2 aromatic carbocycles. The first kappa shape index (κ1) is 16.5. The van der Waals surface area contributed by atoms with E-state index in [1.54, 1.807) is 7.11 Å². The molecule has 4 nitrogen and oxygen atoms in total. The number of methoxy groups -OCH3 is 1. The second-order valence-electron chi connectivity index (χ2n) is 6.72. The maximum Gasteiger partial charge on any atom is 0.310 e. The van der Waals surface area contributed by atoms with Crippen molar-refractivity contribution in [1.82, 2.24) is 4.90 Å². The molecule has 1 N–H and O–H groups in total. The maximum absolute atomic E-state index is 11.4. The Labute approximate surface area is 142 Å². The highest BCUT2D eigenvalue weighted by atomic mass is 16.5. The summed E-state index contributed by atoms with van der Waals surface area (Å²) < 4.78 is 5.57. The van der Waals surface area contributed by atoms with Crippen LogP contribution >= 0.6 is 0 Å². The average Bonchev–Trinajstić information content (AvgIpc) is 2.98. The molecule has 0 saturated carbocycles. The van der Waals surface area contributed by atoms with Gasteiger partial charge in [0.2, 0.25) is 0 Å². The Balaban J connectivity index is 1.79. The van der Waals surface area contributed by atoms with Crippen LogP contribution < -0.4 is 4.74 Å². The molecular formula is C20H23NO3. The summed E-state index contributed by atoms with van der Waals surface area (Å²) in [5, 5.41) is 9.37. The number of benzene rings is 2. The monoisotopic (exact) mass is 325 g/mol. The van der Waals surface area contributed by atoms with Crippen molar-refractivity contribution in [2.75, 3.05) is 20.2 Å². The molecule has 24 heavy (non-hydrogen) atoms. The lowest BCUT2D eigenvalue weighted by Crippen LogP contribution is -2.31. The smallest absolute Gasteiger partial charge is 0.310 e. The molecule has 0 radical (unpaired) electrons. The van der Waals surface area contributed by atoms with Crippen molar-refractivity contribution in [3.63, 3.8) is 0 Å². The fourth-order valence-corrected chi connectivity index (χ4v) is 3.29. The number of hydrogen-bond donors (Lipinski definition) is 1. The zero-order valence-corrected chi connectivity index (χ0v) is 14.2. The van der Waals surface area contributed by atoms with E-state index in [2.05, 4.69) is 35.2 Å². The number of nitrogens with zero attached hydrogens (tertiary/aromatic N) is 1. The van der Waals surface area contributed by atoms with E-state index in [0.29, 0.717) is 19.5 Å². The first-order valence-electron chi connectivity index (χ1n) is 8.20. The molecule has 1 heterocycles. The number of ether oxygens (including phenoxy) is 1. The van der Waals surface area contributed by atoms with Crippen LogP contribution in [0.3, 0.4) is 0 Å². The summed E-state index contributed by atoms with van der Waals surface area (Å²) in [7, 11) is 1.68. The van der Waals surface area contributed by atoms with Crippen molar-refractivity contribution < 1.29 is 14.6 Å². The molecule has 0 amide bonds. The first-order chi connectivity index (χ1) is 11.5. The largest absolute Gasteiger partial charge is 0.496 e. The first-order valence-corrected chi connectivity index (χ1v) is 8.20. The molecule has 2 aromatic rings. The van der Waals surface area contributed by atoms with Gasteiger partial charge in [0.25, 0.3) is 0 Å². The Morgan fingerprint density at radius 1 is 1.21 bits per heavy atom. The quantitative estimate of drug-likeness (QED) is 0.911. The number of rotatable bonds is 5. The summed E-state index contributed by atoms with van der Waals surface area (Å²) in [6.45, 7) is 3.91. The lowest BCUT2D eigenvalue weighted by atomic mass is 9.90. The van der Waals surface area contributed by atoms with Crippen molar-refractivity contribution in [1.29, 1.82) is 0 Å². The van der Waals surface area contributed by atoms with E-state index >= 15 is 0 Å². The van der Waals surface area contributed by atoms with Gasteiger partial charge in [-0.3, -0.25) is 9.69 Å². The van der Waals surface area contributed by atoms with E-state index < -0.39 is 11.4 Å². The van der Waals surface area contributed by atoms with E-state index in [-0.39, 0.29) is 0 Å².